The van der Waals surface area contributed by atoms with Crippen LogP contribution in [0, 0.1) is 0 Å². The number of hydrogen-bond acceptors (Lipinski definition) is 3. The maximum absolute atomic E-state index is 11.6. The predicted molar refractivity (Wildman–Crippen MR) is 55.9 cm³/mol. The van der Waals surface area contributed by atoms with E-state index in [4.69, 9.17) is 4.74 Å². The number of rotatable bonds is 3. The van der Waals surface area contributed by atoms with Crippen LogP contribution in [0.1, 0.15) is 18.3 Å². The lowest BCUT2D eigenvalue weighted by atomic mass is 10.2. The zero-order valence-corrected chi connectivity index (χ0v) is 8.78. The number of aromatic amines is 1. The first-order valence-corrected chi connectivity index (χ1v) is 4.84. The Labute approximate surface area is 86.7 Å². The predicted octanol–water partition coefficient (Wildman–Crippen LogP) is 0.731. The monoisotopic (exact) mass is 207 g/mol. The van der Waals surface area contributed by atoms with E-state index in [0.29, 0.717) is 18.1 Å². The summed E-state index contributed by atoms with van der Waals surface area (Å²) in [6.45, 7) is 2.39. The molecule has 0 aliphatic rings. The van der Waals surface area contributed by atoms with Crippen molar-refractivity contribution >= 4 is 5.65 Å². The molecule has 0 unspecified atom stereocenters. The first-order valence-electron chi connectivity index (χ1n) is 4.84. The van der Waals surface area contributed by atoms with Gasteiger partial charge in [0, 0.05) is 13.2 Å². The highest BCUT2D eigenvalue weighted by Gasteiger charge is 2.04. The van der Waals surface area contributed by atoms with Crippen molar-refractivity contribution < 1.29 is 4.74 Å². The molecule has 0 aliphatic carbocycles. The summed E-state index contributed by atoms with van der Waals surface area (Å²) in [7, 11) is 1.59. The van der Waals surface area contributed by atoms with Gasteiger partial charge < -0.3 is 4.74 Å². The Balaban J connectivity index is 2.59. The lowest BCUT2D eigenvalue weighted by molar-refractivity contribution is 0.178. The normalized spacial score (nSPS) is 11.1. The zero-order chi connectivity index (χ0) is 10.8. The van der Waals surface area contributed by atoms with Gasteiger partial charge in [-0.15, -0.1) is 0 Å². The average Bonchev–Trinajstić information content (AvgIpc) is 2.61. The van der Waals surface area contributed by atoms with E-state index in [9.17, 15) is 4.79 Å². The second kappa shape index (κ2) is 3.86. The first kappa shape index (κ1) is 9.92. The molecule has 0 atom stereocenters. The summed E-state index contributed by atoms with van der Waals surface area (Å²) in [5.41, 5.74) is 1.56. The number of nitrogens with one attached hydrogen (secondary N) is 1. The van der Waals surface area contributed by atoms with E-state index in [1.807, 2.05) is 13.0 Å². The Morgan fingerprint density at radius 1 is 1.53 bits per heavy atom. The molecule has 2 aromatic rings. The molecule has 0 aliphatic heterocycles. The highest BCUT2D eigenvalue weighted by Crippen LogP contribution is 2.03. The van der Waals surface area contributed by atoms with Crippen molar-refractivity contribution in [2.24, 2.45) is 0 Å². The molecule has 0 saturated heterocycles. The third-order valence-corrected chi connectivity index (χ3v) is 2.25. The number of aryl methyl sites for hydroxylation is 1. The number of aromatic nitrogens is 3. The molecule has 0 bridgehead atoms. The smallest absolute Gasteiger partial charge is 0.271 e. The van der Waals surface area contributed by atoms with Crippen LogP contribution in [0.5, 0.6) is 0 Å². The lowest BCUT2D eigenvalue weighted by Crippen LogP contribution is -2.13. The van der Waals surface area contributed by atoms with Crippen molar-refractivity contribution in [3.63, 3.8) is 0 Å². The quantitative estimate of drug-likeness (QED) is 0.807. The van der Waals surface area contributed by atoms with Gasteiger partial charge in [-0.2, -0.15) is 0 Å². The van der Waals surface area contributed by atoms with Crippen molar-refractivity contribution in [2.45, 2.75) is 20.0 Å². The van der Waals surface area contributed by atoms with Gasteiger partial charge in [0.25, 0.3) is 5.56 Å². The molecule has 2 heterocycles. The highest BCUT2D eigenvalue weighted by atomic mass is 16.5. The van der Waals surface area contributed by atoms with Crippen LogP contribution in [-0.4, -0.2) is 21.7 Å². The van der Waals surface area contributed by atoms with E-state index in [1.54, 1.807) is 13.2 Å². The second-order valence-corrected chi connectivity index (χ2v) is 3.35. The van der Waals surface area contributed by atoms with E-state index in [1.165, 1.54) is 4.52 Å². The van der Waals surface area contributed by atoms with Crippen LogP contribution in [0.15, 0.2) is 16.9 Å². The molecular weight excluding hydrogens is 194 g/mol. The molecule has 2 aromatic heterocycles. The minimum Gasteiger partial charge on any atom is -0.377 e. The SMILES string of the molecule is CCc1cc(=O)n2[nH]c(COC)nc2c1. The summed E-state index contributed by atoms with van der Waals surface area (Å²) in [6.07, 6.45) is 0.832. The van der Waals surface area contributed by atoms with Gasteiger partial charge in [0.15, 0.2) is 5.65 Å². The van der Waals surface area contributed by atoms with Crippen LogP contribution in [-0.2, 0) is 17.8 Å². The largest absolute Gasteiger partial charge is 0.377 e. The number of nitrogens with zero attached hydrogens (tertiary/aromatic N) is 2. The zero-order valence-electron chi connectivity index (χ0n) is 8.78. The van der Waals surface area contributed by atoms with Gasteiger partial charge in [-0.25, -0.2) is 9.50 Å². The van der Waals surface area contributed by atoms with Gasteiger partial charge in [-0.3, -0.25) is 9.89 Å². The molecule has 5 heteroatoms. The number of ether oxygens (including phenoxy) is 1. The molecule has 15 heavy (non-hydrogen) atoms. The van der Waals surface area contributed by atoms with Crippen molar-refractivity contribution in [3.05, 3.63) is 33.9 Å². The average molecular weight is 207 g/mol. The van der Waals surface area contributed by atoms with Crippen LogP contribution in [0.3, 0.4) is 0 Å². The Hall–Kier alpha value is -1.62. The molecule has 0 spiro atoms. The summed E-state index contributed by atoms with van der Waals surface area (Å²) in [5.74, 6) is 0.655. The maximum Gasteiger partial charge on any atom is 0.271 e. The lowest BCUT2D eigenvalue weighted by Gasteiger charge is -1.95. The van der Waals surface area contributed by atoms with E-state index in [-0.39, 0.29) is 5.56 Å². The van der Waals surface area contributed by atoms with E-state index in [2.05, 4.69) is 10.1 Å². The third-order valence-electron chi connectivity index (χ3n) is 2.25. The Morgan fingerprint density at radius 3 is 3.00 bits per heavy atom. The van der Waals surface area contributed by atoms with Crippen LogP contribution < -0.4 is 5.56 Å². The standard InChI is InChI=1S/C10H13N3O2/c1-3-7-4-9-11-8(6-15-2)12-13(9)10(14)5-7/h4-5H,3,6H2,1-2H3,(H,11,12). The minimum absolute atomic E-state index is 0.0841. The third kappa shape index (κ3) is 1.78. The summed E-state index contributed by atoms with van der Waals surface area (Å²) in [4.78, 5) is 15.9. The number of H-pyrrole nitrogens is 1. The maximum atomic E-state index is 11.6. The van der Waals surface area contributed by atoms with Crippen molar-refractivity contribution in [2.75, 3.05) is 7.11 Å². The van der Waals surface area contributed by atoms with Gasteiger partial charge in [-0.1, -0.05) is 6.92 Å². The Bertz CT molecular complexity index is 527. The number of methoxy groups -OCH3 is 1. The fourth-order valence-corrected chi connectivity index (χ4v) is 1.50. The minimum atomic E-state index is -0.0841. The second-order valence-electron chi connectivity index (χ2n) is 3.35. The summed E-state index contributed by atoms with van der Waals surface area (Å²) in [5, 5.41) is 2.88. The van der Waals surface area contributed by atoms with Gasteiger partial charge >= 0.3 is 0 Å². The van der Waals surface area contributed by atoms with Crippen molar-refractivity contribution in [1.82, 2.24) is 14.6 Å². The van der Waals surface area contributed by atoms with E-state index < -0.39 is 0 Å². The number of fused-ring (bicyclic) bond motifs is 1. The van der Waals surface area contributed by atoms with Crippen molar-refractivity contribution in [3.8, 4) is 0 Å². The fraction of sp³-hybridized carbons (Fsp3) is 0.400. The highest BCUT2D eigenvalue weighted by molar-refractivity contribution is 5.40. The molecule has 80 valence electrons. The molecule has 5 nitrogen and oxygen atoms in total. The van der Waals surface area contributed by atoms with Crippen molar-refractivity contribution in [1.29, 1.82) is 0 Å². The van der Waals surface area contributed by atoms with Crippen LogP contribution >= 0.6 is 0 Å². The first-order chi connectivity index (χ1) is 7.24. The molecule has 0 amide bonds. The van der Waals surface area contributed by atoms with Gasteiger partial charge in [0.1, 0.15) is 12.4 Å². The summed E-state index contributed by atoms with van der Waals surface area (Å²) >= 11 is 0. The van der Waals surface area contributed by atoms with Crippen LogP contribution in [0.4, 0.5) is 0 Å². The number of hydrogen-bond donors (Lipinski definition) is 1. The summed E-state index contributed by atoms with van der Waals surface area (Å²) < 4.78 is 6.37. The van der Waals surface area contributed by atoms with Crippen LogP contribution in [0.25, 0.3) is 5.65 Å². The molecule has 0 saturated carbocycles. The van der Waals surface area contributed by atoms with E-state index >= 15 is 0 Å². The van der Waals surface area contributed by atoms with Gasteiger partial charge in [0.2, 0.25) is 0 Å². The molecule has 0 radical (unpaired) electrons. The molecule has 1 N–H and O–H groups in total. The van der Waals surface area contributed by atoms with Gasteiger partial charge in [-0.05, 0) is 18.1 Å². The molecule has 2 rings (SSSR count). The summed E-state index contributed by atoms with van der Waals surface area (Å²) in [6, 6.07) is 3.51. The number of pyridine rings is 1. The fourth-order valence-electron chi connectivity index (χ4n) is 1.50. The molecular formula is C10H13N3O2. The van der Waals surface area contributed by atoms with Gasteiger partial charge in [0.05, 0.1) is 0 Å². The van der Waals surface area contributed by atoms with Crippen LogP contribution in [0.2, 0.25) is 0 Å². The van der Waals surface area contributed by atoms with E-state index in [0.717, 1.165) is 12.0 Å². The molecule has 0 aromatic carbocycles. The topological polar surface area (TPSA) is 59.4 Å². The molecule has 0 fully saturated rings. The Morgan fingerprint density at radius 2 is 2.33 bits per heavy atom. The Kier molecular flexibility index (Phi) is 2.55.